The second-order valence-corrected chi connectivity index (χ2v) is 8.91. The van der Waals surface area contributed by atoms with Gasteiger partial charge in [0.2, 0.25) is 0 Å². The quantitative estimate of drug-likeness (QED) is 0.322. The van der Waals surface area contributed by atoms with E-state index < -0.39 is 0 Å². The van der Waals surface area contributed by atoms with Gasteiger partial charge >= 0.3 is 0 Å². The van der Waals surface area contributed by atoms with Gasteiger partial charge in [0.15, 0.2) is 0 Å². The number of hydrogen-bond donors (Lipinski definition) is 1. The first-order chi connectivity index (χ1) is 13.4. The van der Waals surface area contributed by atoms with Gasteiger partial charge in [0.25, 0.3) is 0 Å². The smallest absolute Gasteiger partial charge is 0.148 e. The molecule has 1 N–H and O–H groups in total. The highest BCUT2D eigenvalue weighted by Gasteiger charge is 1.97. The van der Waals surface area contributed by atoms with Crippen LogP contribution in [-0.2, 0) is 0 Å². The molecular weight excluding hydrogens is 346 g/mol. The zero-order valence-corrected chi connectivity index (χ0v) is 20.0. The van der Waals surface area contributed by atoms with E-state index in [1.54, 1.807) is 0 Å². The molecule has 162 valence electrons. The predicted molar refractivity (Wildman–Crippen MR) is 124 cm³/mol. The van der Waals surface area contributed by atoms with Crippen molar-refractivity contribution in [3.8, 4) is 0 Å². The maximum atomic E-state index is 7.21. The molecule has 0 atom stereocenters. The van der Waals surface area contributed by atoms with Gasteiger partial charge in [-0.05, 0) is 0 Å². The first-order valence-corrected chi connectivity index (χ1v) is 13.1. The summed E-state index contributed by atoms with van der Waals surface area (Å²) in [6.45, 7) is 0. The molecule has 2 nitrogen and oxygen atoms in total. The molecule has 4 saturated carbocycles. The fourth-order valence-electron chi connectivity index (χ4n) is 4.24. The monoisotopic (exact) mass is 397 g/mol. The third-order valence-corrected chi connectivity index (χ3v) is 6.00. The van der Waals surface area contributed by atoms with E-state index in [4.69, 9.17) is 5.21 Å². The maximum Gasteiger partial charge on any atom is 0.148 e. The second-order valence-electron chi connectivity index (χ2n) is 8.63. The summed E-state index contributed by atoms with van der Waals surface area (Å²) in [5.41, 5.74) is 0. The maximum absolute atomic E-state index is 7.21. The highest BCUT2D eigenvalue weighted by atomic mass is 28.1. The molecular formula is C24H51NOSi. The third kappa shape index (κ3) is 25.8. The molecule has 0 aromatic heterocycles. The highest BCUT2D eigenvalue weighted by Crippen LogP contribution is 2.17. The summed E-state index contributed by atoms with van der Waals surface area (Å²) in [5, 5.41) is 7.21. The van der Waals surface area contributed by atoms with E-state index in [2.05, 4.69) is 4.80 Å². The minimum absolute atomic E-state index is 1.15. The molecule has 0 saturated heterocycles. The summed E-state index contributed by atoms with van der Waals surface area (Å²) in [7, 11) is 1.15. The van der Waals surface area contributed by atoms with Gasteiger partial charge in [0.1, 0.15) is 10.0 Å². The lowest BCUT2D eigenvalue weighted by atomic mass is 10.0. The molecule has 0 radical (unpaired) electrons. The van der Waals surface area contributed by atoms with Crippen molar-refractivity contribution in [1.82, 2.24) is 0 Å². The summed E-state index contributed by atoms with van der Waals surface area (Å²) in [6.07, 6.45) is 36.0. The number of nitrogens with zero attached hydrogens (tertiary/aromatic N) is 1. The molecule has 0 aromatic carbocycles. The molecule has 4 rings (SSSR count). The summed E-state index contributed by atoms with van der Waals surface area (Å²) in [6, 6.07) is 0. The largest absolute Gasteiger partial charge is 0.422 e. The molecule has 4 aliphatic rings. The number of hydrogen-bond acceptors (Lipinski definition) is 2. The molecule has 0 unspecified atom stereocenters. The van der Waals surface area contributed by atoms with E-state index in [1.807, 2.05) is 0 Å². The topological polar surface area (TPSA) is 32.6 Å². The van der Waals surface area contributed by atoms with E-state index in [0.717, 1.165) is 10.0 Å². The van der Waals surface area contributed by atoms with Gasteiger partial charge < -0.3 is 5.21 Å². The van der Waals surface area contributed by atoms with Crippen LogP contribution in [0, 0.1) is 0 Å². The Morgan fingerprint density at radius 2 is 0.333 bits per heavy atom. The van der Waals surface area contributed by atoms with E-state index in [9.17, 15) is 0 Å². The van der Waals surface area contributed by atoms with Gasteiger partial charge in [-0.25, -0.2) is 0 Å². The molecule has 4 fully saturated rings. The van der Waals surface area contributed by atoms with E-state index in [0.29, 0.717) is 0 Å². The van der Waals surface area contributed by atoms with Crippen LogP contribution < -0.4 is 0 Å². The number of rotatable bonds is 0. The minimum atomic E-state index is 1.15. The van der Waals surface area contributed by atoms with Gasteiger partial charge in [0.05, 0.1) is 0 Å². The highest BCUT2D eigenvalue weighted by molar-refractivity contribution is 5.91. The van der Waals surface area contributed by atoms with Crippen LogP contribution in [0.4, 0.5) is 0 Å². The van der Waals surface area contributed by atoms with Crippen LogP contribution >= 0.6 is 0 Å². The molecule has 0 aliphatic heterocycles. The fraction of sp³-hybridized carbons (Fsp3) is 1.00. The van der Waals surface area contributed by atoms with Crippen molar-refractivity contribution in [2.75, 3.05) is 0 Å². The Kier molecular flexibility index (Phi) is 25.6. The van der Waals surface area contributed by atoms with E-state index in [-0.39, 0.29) is 0 Å². The van der Waals surface area contributed by atoms with Crippen molar-refractivity contribution < 1.29 is 5.21 Å². The summed E-state index contributed by atoms with van der Waals surface area (Å²) in [5.74, 6) is 0. The Morgan fingerprint density at radius 3 is 0.370 bits per heavy atom. The van der Waals surface area contributed by atoms with Crippen LogP contribution in [0.15, 0.2) is 4.80 Å². The van der Waals surface area contributed by atoms with Gasteiger partial charge in [-0.15, -0.1) is 0 Å². The molecule has 27 heavy (non-hydrogen) atoms. The van der Waals surface area contributed by atoms with Gasteiger partial charge in [-0.1, -0.05) is 154 Å². The lowest BCUT2D eigenvalue weighted by Crippen LogP contribution is -1.85. The van der Waals surface area contributed by atoms with Crippen molar-refractivity contribution in [3.63, 3.8) is 0 Å². The molecule has 0 amide bonds. The molecule has 0 spiro atoms. The summed E-state index contributed by atoms with van der Waals surface area (Å²) in [4.78, 5) is 2.53. The van der Waals surface area contributed by atoms with Crippen LogP contribution in [0.5, 0.6) is 0 Å². The standard InChI is InChI=1S/4C6H12.H3NOSi/c4*1-2-4-6-5-3-1;2-1-3/h4*1-6H2;2H,3H2. The van der Waals surface area contributed by atoms with Crippen molar-refractivity contribution in [1.29, 1.82) is 0 Å². The Morgan fingerprint density at radius 1 is 0.296 bits per heavy atom. The summed E-state index contributed by atoms with van der Waals surface area (Å²) >= 11 is 0. The minimum Gasteiger partial charge on any atom is -0.422 e. The lowest BCUT2D eigenvalue weighted by molar-refractivity contribution is 0.326. The third-order valence-electron chi connectivity index (χ3n) is 6.00. The normalized spacial score (nSPS) is 21.8. The average Bonchev–Trinajstić information content (AvgIpc) is 2.80. The van der Waals surface area contributed by atoms with Crippen LogP contribution in [0.3, 0.4) is 0 Å². The molecule has 3 heteroatoms. The second kappa shape index (κ2) is 25.8. The molecule has 4 aliphatic carbocycles. The molecule has 0 aromatic rings. The van der Waals surface area contributed by atoms with Gasteiger partial charge in [-0.2, -0.15) is 4.80 Å². The average molecular weight is 398 g/mol. The SMILES string of the molecule is C1CCCCC1.C1CCCCC1.C1CCCCC1.C1CCCCC1.ON=[SiH2]. The summed E-state index contributed by atoms with van der Waals surface area (Å²) < 4.78 is 0. The van der Waals surface area contributed by atoms with Gasteiger partial charge in [0, 0.05) is 0 Å². The first-order valence-electron chi connectivity index (χ1n) is 12.5. The van der Waals surface area contributed by atoms with Gasteiger partial charge in [-0.3, -0.25) is 0 Å². The molecule has 0 bridgehead atoms. The zero-order chi connectivity index (χ0) is 19.7. The predicted octanol–water partition coefficient (Wildman–Crippen LogP) is 8.55. The van der Waals surface area contributed by atoms with Crippen LogP contribution in [0.1, 0.15) is 154 Å². The van der Waals surface area contributed by atoms with Crippen LogP contribution in [0.25, 0.3) is 0 Å². The Labute approximate surface area is 174 Å². The first kappa shape index (κ1) is 26.8. The Bertz CT molecular complexity index is 163. The lowest BCUT2D eigenvalue weighted by Gasteiger charge is -2.05. The van der Waals surface area contributed by atoms with Crippen molar-refractivity contribution in [2.24, 2.45) is 4.80 Å². The fourth-order valence-corrected chi connectivity index (χ4v) is 4.24. The van der Waals surface area contributed by atoms with Crippen molar-refractivity contribution in [2.45, 2.75) is 154 Å². The van der Waals surface area contributed by atoms with Crippen molar-refractivity contribution >= 4 is 10.0 Å². The Hall–Kier alpha value is -0.183. The molecule has 0 heterocycles. The van der Waals surface area contributed by atoms with E-state index >= 15 is 0 Å². The van der Waals surface area contributed by atoms with Crippen LogP contribution in [0.2, 0.25) is 0 Å². The van der Waals surface area contributed by atoms with E-state index in [1.165, 1.54) is 154 Å². The van der Waals surface area contributed by atoms with Crippen LogP contribution in [-0.4, -0.2) is 15.2 Å². The Balaban J connectivity index is 0.000000319. The van der Waals surface area contributed by atoms with Crippen molar-refractivity contribution in [3.05, 3.63) is 0 Å². The zero-order valence-electron chi connectivity index (χ0n) is 18.6.